The number of alkyl halides is 5. The zero-order valence-corrected chi connectivity index (χ0v) is 9.51. The molecule has 3 nitrogen and oxygen atoms in total. The molecule has 17 heavy (non-hydrogen) atoms. The Labute approximate surface area is 95.9 Å². The average molecular weight is 259 g/mol. The summed E-state index contributed by atoms with van der Waals surface area (Å²) in [5, 5.41) is 4.80. The predicted octanol–water partition coefficient (Wildman–Crippen LogP) is 2.85. The summed E-state index contributed by atoms with van der Waals surface area (Å²) in [4.78, 5) is -0.0668. The lowest BCUT2D eigenvalue weighted by atomic mass is 10.3. The van der Waals surface area contributed by atoms with Crippen LogP contribution in [0, 0.1) is 0 Å². The summed E-state index contributed by atoms with van der Waals surface area (Å²) in [6.45, 7) is 3.52. The highest BCUT2D eigenvalue weighted by atomic mass is 19.4. The van der Waals surface area contributed by atoms with Gasteiger partial charge in [0.1, 0.15) is 12.5 Å². The van der Waals surface area contributed by atoms with Gasteiger partial charge in [0.2, 0.25) is 0 Å². The summed E-state index contributed by atoms with van der Waals surface area (Å²) in [6, 6.07) is -4.89. The smallest absolute Gasteiger partial charge is 0.273 e. The first-order valence-corrected chi connectivity index (χ1v) is 5.25. The molecule has 0 fully saturated rings. The van der Waals surface area contributed by atoms with E-state index in [0.717, 1.165) is 6.42 Å². The molecule has 0 radical (unpaired) electrons. The lowest BCUT2D eigenvalue weighted by Gasteiger charge is -2.33. The minimum absolute atomic E-state index is 0.0668. The van der Waals surface area contributed by atoms with Gasteiger partial charge in [0.05, 0.1) is 0 Å². The van der Waals surface area contributed by atoms with Crippen molar-refractivity contribution in [3.63, 3.8) is 0 Å². The van der Waals surface area contributed by atoms with Crippen LogP contribution in [0.5, 0.6) is 0 Å². The zero-order valence-electron chi connectivity index (χ0n) is 9.51. The Balaban J connectivity index is 2.74. The molecule has 1 aliphatic rings. The molecular weight excluding hydrogens is 245 g/mol. The molecule has 0 aliphatic carbocycles. The Morgan fingerprint density at radius 2 is 1.82 bits per heavy atom. The average Bonchev–Trinajstić information content (AvgIpc) is 2.55. The fourth-order valence-corrected chi connectivity index (χ4v) is 1.48. The van der Waals surface area contributed by atoms with E-state index >= 15 is 0 Å². The van der Waals surface area contributed by atoms with Gasteiger partial charge in [0.25, 0.3) is 0 Å². The molecule has 0 spiro atoms. The third-order valence-electron chi connectivity index (χ3n) is 2.56. The van der Waals surface area contributed by atoms with Gasteiger partial charge < -0.3 is 0 Å². The quantitative estimate of drug-likeness (QED) is 0.571. The van der Waals surface area contributed by atoms with Gasteiger partial charge in [-0.3, -0.25) is 9.91 Å². The maximum absolute atomic E-state index is 13.1. The van der Waals surface area contributed by atoms with Crippen LogP contribution in [-0.2, 0) is 0 Å². The van der Waals surface area contributed by atoms with E-state index in [1.54, 1.807) is 0 Å². The Hall–Kier alpha value is -1.08. The SMILES string of the molecule is CCCCN1N=CN(C(F)(F)C(F)(F)F)C1C. The van der Waals surface area contributed by atoms with Crippen LogP contribution in [0.15, 0.2) is 5.10 Å². The van der Waals surface area contributed by atoms with Crippen molar-refractivity contribution in [2.45, 2.75) is 45.1 Å². The lowest BCUT2D eigenvalue weighted by Crippen LogP contribution is -2.55. The van der Waals surface area contributed by atoms with Gasteiger partial charge >= 0.3 is 12.2 Å². The van der Waals surface area contributed by atoms with E-state index in [1.165, 1.54) is 11.9 Å². The van der Waals surface area contributed by atoms with E-state index in [4.69, 9.17) is 0 Å². The number of hydrogen-bond donors (Lipinski definition) is 0. The van der Waals surface area contributed by atoms with Gasteiger partial charge in [0.15, 0.2) is 0 Å². The van der Waals surface area contributed by atoms with Crippen LogP contribution in [0.2, 0.25) is 0 Å². The van der Waals surface area contributed by atoms with Crippen molar-refractivity contribution < 1.29 is 22.0 Å². The number of hydrogen-bond acceptors (Lipinski definition) is 3. The molecule has 8 heteroatoms. The molecule has 0 saturated carbocycles. The van der Waals surface area contributed by atoms with Gasteiger partial charge in [-0.1, -0.05) is 13.3 Å². The van der Waals surface area contributed by atoms with Crippen LogP contribution in [-0.4, -0.2) is 41.2 Å². The van der Waals surface area contributed by atoms with E-state index < -0.39 is 18.4 Å². The van der Waals surface area contributed by atoms with E-state index in [2.05, 4.69) is 5.10 Å². The van der Waals surface area contributed by atoms with Gasteiger partial charge in [0, 0.05) is 6.54 Å². The summed E-state index contributed by atoms with van der Waals surface area (Å²) in [5.41, 5.74) is 0. The van der Waals surface area contributed by atoms with Crippen molar-refractivity contribution in [1.82, 2.24) is 9.91 Å². The van der Waals surface area contributed by atoms with Crippen molar-refractivity contribution in [3.05, 3.63) is 0 Å². The molecule has 0 saturated heterocycles. The number of halogens is 5. The molecule has 0 aromatic rings. The monoisotopic (exact) mass is 259 g/mol. The van der Waals surface area contributed by atoms with E-state index in [0.29, 0.717) is 19.3 Å². The Morgan fingerprint density at radius 1 is 1.24 bits per heavy atom. The molecule has 0 bridgehead atoms. The first-order chi connectivity index (χ1) is 7.71. The molecule has 0 amide bonds. The number of unbranched alkanes of at least 4 members (excludes halogenated alkanes) is 1. The fourth-order valence-electron chi connectivity index (χ4n) is 1.48. The number of nitrogens with zero attached hydrogens (tertiary/aromatic N) is 3. The highest BCUT2D eigenvalue weighted by Crippen LogP contribution is 2.40. The fraction of sp³-hybridized carbons (Fsp3) is 0.889. The first-order valence-electron chi connectivity index (χ1n) is 5.25. The highest BCUT2D eigenvalue weighted by Gasteiger charge is 2.63. The van der Waals surface area contributed by atoms with Gasteiger partial charge in [-0.05, 0) is 13.3 Å². The summed E-state index contributed by atoms with van der Waals surface area (Å²) in [7, 11) is 0. The van der Waals surface area contributed by atoms with Crippen molar-refractivity contribution >= 4 is 6.34 Å². The molecular formula is C9H14F5N3. The first kappa shape index (κ1) is 14.0. The Bertz CT molecular complexity index is 289. The minimum atomic E-state index is -5.60. The van der Waals surface area contributed by atoms with Gasteiger partial charge in [-0.2, -0.15) is 27.1 Å². The minimum Gasteiger partial charge on any atom is -0.273 e. The largest absolute Gasteiger partial charge is 0.475 e. The van der Waals surface area contributed by atoms with Crippen molar-refractivity contribution in [1.29, 1.82) is 0 Å². The molecule has 0 N–H and O–H groups in total. The van der Waals surface area contributed by atoms with E-state index in [9.17, 15) is 22.0 Å². The van der Waals surface area contributed by atoms with Crippen molar-refractivity contribution in [3.8, 4) is 0 Å². The molecule has 1 unspecified atom stereocenters. The maximum Gasteiger partial charge on any atom is 0.475 e. The van der Waals surface area contributed by atoms with Crippen LogP contribution in [0.4, 0.5) is 22.0 Å². The van der Waals surface area contributed by atoms with Crippen LogP contribution in [0.25, 0.3) is 0 Å². The van der Waals surface area contributed by atoms with Crippen LogP contribution >= 0.6 is 0 Å². The second kappa shape index (κ2) is 4.66. The van der Waals surface area contributed by atoms with Crippen LogP contribution in [0.3, 0.4) is 0 Å². The Morgan fingerprint density at radius 3 is 2.29 bits per heavy atom. The van der Waals surface area contributed by atoms with Crippen LogP contribution in [0.1, 0.15) is 26.7 Å². The molecule has 1 atom stereocenters. The van der Waals surface area contributed by atoms with Crippen molar-refractivity contribution in [2.75, 3.05) is 6.54 Å². The summed E-state index contributed by atoms with van der Waals surface area (Å²) in [6.07, 6.45) is -4.65. The number of hydrazone groups is 1. The second-order valence-corrected chi connectivity index (χ2v) is 3.83. The van der Waals surface area contributed by atoms with Crippen molar-refractivity contribution in [2.24, 2.45) is 5.10 Å². The maximum atomic E-state index is 13.1. The molecule has 100 valence electrons. The number of rotatable bonds is 4. The topological polar surface area (TPSA) is 18.8 Å². The summed E-state index contributed by atoms with van der Waals surface area (Å²) in [5.74, 6) is 0. The lowest BCUT2D eigenvalue weighted by molar-refractivity contribution is -0.332. The molecule has 1 rings (SSSR count). The third-order valence-corrected chi connectivity index (χ3v) is 2.56. The summed E-state index contributed by atoms with van der Waals surface area (Å²) < 4.78 is 62.6. The second-order valence-electron chi connectivity index (χ2n) is 3.83. The Kier molecular flexibility index (Phi) is 3.83. The molecule has 1 aliphatic heterocycles. The molecule has 0 aromatic carbocycles. The molecule has 0 aromatic heterocycles. The van der Waals surface area contributed by atoms with Gasteiger partial charge in [-0.25, -0.2) is 0 Å². The standard InChI is InChI=1S/C9H14F5N3/c1-3-4-5-17-7(2)16(6-15-17)9(13,14)8(10,11)12/h6-7H,3-5H2,1-2H3. The van der Waals surface area contributed by atoms with Gasteiger partial charge in [-0.15, -0.1) is 0 Å². The van der Waals surface area contributed by atoms with E-state index in [1.807, 2.05) is 6.92 Å². The summed E-state index contributed by atoms with van der Waals surface area (Å²) >= 11 is 0. The predicted molar refractivity (Wildman–Crippen MR) is 52.4 cm³/mol. The normalized spacial score (nSPS) is 21.5. The third kappa shape index (κ3) is 2.61. The highest BCUT2D eigenvalue weighted by molar-refractivity contribution is 5.58. The molecule has 1 heterocycles. The van der Waals surface area contributed by atoms with Crippen LogP contribution < -0.4 is 0 Å². The van der Waals surface area contributed by atoms with E-state index in [-0.39, 0.29) is 4.90 Å². The zero-order chi connectivity index (χ0) is 13.3.